The summed E-state index contributed by atoms with van der Waals surface area (Å²) in [6.45, 7) is 2.70. The van der Waals surface area contributed by atoms with Crippen molar-refractivity contribution in [2.75, 3.05) is 23.9 Å². The minimum absolute atomic E-state index is 0.0251. The van der Waals surface area contributed by atoms with Crippen molar-refractivity contribution in [3.05, 3.63) is 95.7 Å². The van der Waals surface area contributed by atoms with Crippen molar-refractivity contribution >= 4 is 49.9 Å². The van der Waals surface area contributed by atoms with Gasteiger partial charge in [0.25, 0.3) is 0 Å². The summed E-state index contributed by atoms with van der Waals surface area (Å²) >= 11 is 1.63. The zero-order valence-electron chi connectivity index (χ0n) is 23.0. The van der Waals surface area contributed by atoms with Crippen molar-refractivity contribution in [3.63, 3.8) is 0 Å². The molecule has 2 unspecified atom stereocenters. The number of aromatic nitrogens is 4. The Bertz CT molecular complexity index is 1870. The zero-order valence-corrected chi connectivity index (χ0v) is 24.7. The van der Waals surface area contributed by atoms with Crippen LogP contribution < -0.4 is 10.6 Å². The van der Waals surface area contributed by atoms with E-state index in [1.807, 2.05) is 35.0 Å². The second-order valence-electron chi connectivity index (χ2n) is 10.8. The van der Waals surface area contributed by atoms with Crippen LogP contribution in [0.15, 0.2) is 83.8 Å². The van der Waals surface area contributed by atoms with Crippen LogP contribution in [-0.2, 0) is 26.6 Å². The van der Waals surface area contributed by atoms with Crippen LogP contribution in [0, 0.1) is 5.82 Å². The van der Waals surface area contributed by atoms with Crippen LogP contribution in [0.25, 0.3) is 10.9 Å². The summed E-state index contributed by atoms with van der Waals surface area (Å²) in [5.74, 6) is 0.145. The van der Waals surface area contributed by atoms with Gasteiger partial charge in [0.2, 0.25) is 5.91 Å². The number of allylic oxidation sites excluding steroid dienone is 2. The zero-order chi connectivity index (χ0) is 29.5. The van der Waals surface area contributed by atoms with Crippen molar-refractivity contribution in [1.29, 1.82) is 0 Å². The molecule has 12 heteroatoms. The van der Waals surface area contributed by atoms with E-state index in [1.165, 1.54) is 12.1 Å². The first-order valence-corrected chi connectivity index (χ1v) is 16.3. The Labute approximate surface area is 247 Å². The summed E-state index contributed by atoms with van der Waals surface area (Å²) in [7, 11) is -3.13. The molecule has 216 valence electrons. The standard InChI is InChI=1S/C30H29FN6O3S2/c1-30-9-8-19(14-26(38)32-10-11-42(2,39)40)13-25(30)41-29-27(30)28(33-18-34-29)36-23-6-7-24-21(15-23)16-35-37(24)17-20-4-3-5-22(31)12-20/h3-9,12-13,15-16,18,25H,10-11,14,17H2,1-2H3,(H,32,38)(H,33,34,36). The normalized spacial score (nSPS) is 19.3. The third-order valence-electron chi connectivity index (χ3n) is 7.48. The van der Waals surface area contributed by atoms with E-state index in [2.05, 4.69) is 44.8 Å². The maximum atomic E-state index is 13.6. The van der Waals surface area contributed by atoms with Crippen molar-refractivity contribution in [3.8, 4) is 0 Å². The fourth-order valence-corrected chi connectivity index (χ4v) is 7.26. The topological polar surface area (TPSA) is 119 Å². The van der Waals surface area contributed by atoms with Gasteiger partial charge >= 0.3 is 0 Å². The van der Waals surface area contributed by atoms with Gasteiger partial charge in [-0.05, 0) is 41.5 Å². The third-order valence-corrected chi connectivity index (χ3v) is 9.83. The highest BCUT2D eigenvalue weighted by Gasteiger charge is 2.46. The number of anilines is 2. The Morgan fingerprint density at radius 2 is 2.05 bits per heavy atom. The molecule has 2 atom stereocenters. The first-order chi connectivity index (χ1) is 20.1. The second-order valence-corrected chi connectivity index (χ2v) is 14.2. The lowest BCUT2D eigenvalue weighted by Crippen LogP contribution is -2.32. The molecule has 6 rings (SSSR count). The molecule has 0 radical (unpaired) electrons. The highest BCUT2D eigenvalue weighted by Crippen LogP contribution is 2.54. The summed E-state index contributed by atoms with van der Waals surface area (Å²) < 4.78 is 38.2. The molecule has 0 spiro atoms. The van der Waals surface area contributed by atoms with E-state index in [0.717, 1.165) is 44.6 Å². The van der Waals surface area contributed by atoms with Crippen molar-refractivity contribution < 1.29 is 17.6 Å². The molecule has 42 heavy (non-hydrogen) atoms. The fraction of sp³-hybridized carbons (Fsp3) is 0.267. The lowest BCUT2D eigenvalue weighted by molar-refractivity contribution is -0.120. The van der Waals surface area contributed by atoms with Crippen molar-refractivity contribution in [1.82, 2.24) is 25.1 Å². The van der Waals surface area contributed by atoms with Crippen LogP contribution in [0.2, 0.25) is 0 Å². The lowest BCUT2D eigenvalue weighted by atomic mass is 9.76. The molecular formula is C30H29FN6O3S2. The van der Waals surface area contributed by atoms with E-state index >= 15 is 0 Å². The van der Waals surface area contributed by atoms with Gasteiger partial charge < -0.3 is 10.6 Å². The van der Waals surface area contributed by atoms with E-state index in [1.54, 1.807) is 30.4 Å². The predicted molar refractivity (Wildman–Crippen MR) is 162 cm³/mol. The van der Waals surface area contributed by atoms with Crippen LogP contribution in [0.5, 0.6) is 0 Å². The van der Waals surface area contributed by atoms with Gasteiger partial charge in [-0.15, -0.1) is 0 Å². The van der Waals surface area contributed by atoms with Gasteiger partial charge in [0, 0.05) is 40.1 Å². The van der Waals surface area contributed by atoms with E-state index in [-0.39, 0.29) is 41.1 Å². The number of rotatable bonds is 9. The molecule has 4 aromatic rings. The number of hydrogen-bond donors (Lipinski definition) is 2. The molecule has 3 heterocycles. The van der Waals surface area contributed by atoms with Crippen LogP contribution in [0.4, 0.5) is 15.9 Å². The first-order valence-electron chi connectivity index (χ1n) is 13.4. The molecule has 2 aliphatic rings. The van der Waals surface area contributed by atoms with Gasteiger partial charge in [0.1, 0.15) is 32.8 Å². The number of nitrogens with zero attached hydrogens (tertiary/aromatic N) is 4. The first kappa shape index (κ1) is 28.1. The Morgan fingerprint density at radius 3 is 2.86 bits per heavy atom. The van der Waals surface area contributed by atoms with Gasteiger partial charge in [-0.25, -0.2) is 22.8 Å². The molecule has 0 fully saturated rings. The molecule has 2 aromatic carbocycles. The minimum Gasteiger partial charge on any atom is -0.355 e. The number of amides is 1. The Balaban J connectivity index is 1.18. The summed E-state index contributed by atoms with van der Waals surface area (Å²) in [6, 6.07) is 12.5. The fourth-order valence-electron chi connectivity index (χ4n) is 5.32. The number of thioether (sulfide) groups is 1. The maximum absolute atomic E-state index is 13.6. The molecule has 1 aliphatic heterocycles. The molecular weight excluding hydrogens is 576 g/mol. The monoisotopic (exact) mass is 604 g/mol. The summed E-state index contributed by atoms with van der Waals surface area (Å²) in [5, 5.41) is 12.5. The molecule has 0 bridgehead atoms. The van der Waals surface area contributed by atoms with Gasteiger partial charge in [0.15, 0.2) is 0 Å². The van der Waals surface area contributed by atoms with Crippen LogP contribution in [0.3, 0.4) is 0 Å². The van der Waals surface area contributed by atoms with E-state index in [9.17, 15) is 17.6 Å². The Morgan fingerprint density at radius 1 is 1.19 bits per heavy atom. The number of carbonyl (C=O) groups is 1. The minimum atomic E-state index is -3.13. The van der Waals surface area contributed by atoms with Crippen LogP contribution in [0.1, 0.15) is 24.5 Å². The van der Waals surface area contributed by atoms with E-state index < -0.39 is 9.84 Å². The highest BCUT2D eigenvalue weighted by atomic mass is 32.2. The van der Waals surface area contributed by atoms with Crippen molar-refractivity contribution in [2.45, 2.75) is 35.6 Å². The quantitative estimate of drug-likeness (QED) is 0.268. The number of nitrogens with one attached hydrogen (secondary N) is 2. The molecule has 2 aromatic heterocycles. The molecule has 1 aliphatic carbocycles. The average Bonchev–Trinajstić information content (AvgIpc) is 3.46. The molecule has 0 saturated heterocycles. The SMILES string of the molecule is CC12C=CC(CC(=O)NCCS(C)(=O)=O)=CC1Sc1ncnc(Nc3ccc4c(cnn4Cc4cccc(F)c4)c3)c12. The smallest absolute Gasteiger partial charge is 0.224 e. The molecule has 1 amide bonds. The Hall–Kier alpha value is -4.03. The third kappa shape index (κ3) is 5.82. The van der Waals surface area contributed by atoms with Gasteiger partial charge in [-0.1, -0.05) is 49.0 Å². The number of sulfone groups is 1. The van der Waals surface area contributed by atoms with Crippen LogP contribution in [-0.4, -0.2) is 57.9 Å². The summed E-state index contributed by atoms with van der Waals surface area (Å²) in [5.41, 5.74) is 4.11. The molecule has 0 saturated carbocycles. The summed E-state index contributed by atoms with van der Waals surface area (Å²) in [4.78, 5) is 21.5. The van der Waals surface area contributed by atoms with Gasteiger partial charge in [0.05, 0.1) is 30.4 Å². The second kappa shape index (κ2) is 11.0. The van der Waals surface area contributed by atoms with E-state index in [4.69, 9.17) is 0 Å². The molecule has 9 nitrogen and oxygen atoms in total. The number of fused-ring (bicyclic) bond motifs is 4. The average molecular weight is 605 g/mol. The van der Waals surface area contributed by atoms with Crippen LogP contribution >= 0.6 is 11.8 Å². The van der Waals surface area contributed by atoms with Gasteiger partial charge in [-0.3, -0.25) is 9.48 Å². The number of carbonyl (C=O) groups excluding carboxylic acids is 1. The number of hydrogen-bond acceptors (Lipinski definition) is 8. The maximum Gasteiger partial charge on any atom is 0.224 e. The Kier molecular flexibility index (Phi) is 7.36. The largest absolute Gasteiger partial charge is 0.355 e. The molecule has 2 N–H and O–H groups in total. The number of halogens is 1. The van der Waals surface area contributed by atoms with Gasteiger partial charge in [-0.2, -0.15) is 5.10 Å². The van der Waals surface area contributed by atoms with E-state index in [0.29, 0.717) is 12.4 Å². The predicted octanol–water partition coefficient (Wildman–Crippen LogP) is 4.54. The summed E-state index contributed by atoms with van der Waals surface area (Å²) in [6.07, 6.45) is 10.8. The highest BCUT2D eigenvalue weighted by molar-refractivity contribution is 8.00. The number of benzene rings is 2. The lowest BCUT2D eigenvalue weighted by Gasteiger charge is -2.31. The van der Waals surface area contributed by atoms with Crippen molar-refractivity contribution in [2.24, 2.45) is 0 Å².